The molecule has 0 radical (unpaired) electrons. The summed E-state index contributed by atoms with van der Waals surface area (Å²) >= 11 is 4.83. The molecule has 0 aliphatic carbocycles. The van der Waals surface area contributed by atoms with Gasteiger partial charge in [0.15, 0.2) is 0 Å². The highest BCUT2D eigenvalue weighted by Crippen LogP contribution is 2.35. The van der Waals surface area contributed by atoms with Crippen molar-refractivity contribution >= 4 is 16.8 Å². The number of rotatable bonds is 1. The average Bonchev–Trinajstić information content (AvgIpc) is 1.77. The molecule has 0 atom stereocenters. The number of nitrogens with zero attached hydrogens (tertiary/aromatic N) is 1. The third-order valence-electron chi connectivity index (χ3n) is 0.927. The van der Waals surface area contributed by atoms with Crippen LogP contribution in [-0.2, 0) is 0 Å². The van der Waals surface area contributed by atoms with Gasteiger partial charge in [0.2, 0.25) is 6.04 Å². The Morgan fingerprint density at radius 3 is 1.46 bits per heavy atom. The van der Waals surface area contributed by atoms with Gasteiger partial charge >= 0.3 is 12.4 Å². The molecule has 0 rings (SSSR count). The van der Waals surface area contributed by atoms with Gasteiger partial charge in [-0.05, 0) is 6.92 Å². The zero-order valence-electron chi connectivity index (χ0n) is 6.17. The Morgan fingerprint density at radius 1 is 1.08 bits per heavy atom. The molecule has 0 bridgehead atoms. The van der Waals surface area contributed by atoms with Crippen molar-refractivity contribution in [2.75, 3.05) is 0 Å². The minimum atomic E-state index is -5.46. The van der Waals surface area contributed by atoms with E-state index in [2.05, 4.69) is 4.99 Å². The maximum absolute atomic E-state index is 11.7. The summed E-state index contributed by atoms with van der Waals surface area (Å²) in [6.45, 7) is 0.839. The van der Waals surface area contributed by atoms with Crippen molar-refractivity contribution in [3.8, 4) is 0 Å². The second-order valence-electron chi connectivity index (χ2n) is 2.11. The van der Waals surface area contributed by atoms with Gasteiger partial charge in [0.25, 0.3) is 0 Å². The van der Waals surface area contributed by atoms with Gasteiger partial charge in [0, 0.05) is 0 Å². The van der Waals surface area contributed by atoms with E-state index in [1.165, 1.54) is 0 Å². The van der Waals surface area contributed by atoms with Crippen LogP contribution in [0.2, 0.25) is 0 Å². The van der Waals surface area contributed by atoms with E-state index in [0.717, 1.165) is 6.92 Å². The molecule has 0 saturated carbocycles. The van der Waals surface area contributed by atoms with E-state index in [1.54, 1.807) is 0 Å². The predicted octanol–water partition coefficient (Wildman–Crippen LogP) is 3.14. The van der Waals surface area contributed by atoms with Gasteiger partial charge in [-0.1, -0.05) is 11.6 Å². The number of halogens is 7. The first kappa shape index (κ1) is 12.5. The lowest BCUT2D eigenvalue weighted by molar-refractivity contribution is -0.247. The fourth-order valence-electron chi connectivity index (χ4n) is 0.510. The maximum atomic E-state index is 11.7. The van der Waals surface area contributed by atoms with Gasteiger partial charge in [-0.25, -0.2) is 0 Å². The van der Waals surface area contributed by atoms with Gasteiger partial charge in [-0.15, -0.1) is 0 Å². The molecular weight excluding hydrogens is 224 g/mol. The first-order chi connectivity index (χ1) is 5.55. The largest absolute Gasteiger partial charge is 0.419 e. The third kappa shape index (κ3) is 4.35. The van der Waals surface area contributed by atoms with Crippen molar-refractivity contribution < 1.29 is 26.3 Å². The highest BCUT2D eigenvalue weighted by molar-refractivity contribution is 6.64. The molecule has 1 nitrogen and oxygen atoms in total. The Hall–Kier alpha value is -0.460. The molecule has 0 amide bonds. The predicted molar refractivity (Wildman–Crippen MR) is 34.9 cm³/mol. The maximum Gasteiger partial charge on any atom is 0.419 e. The molecule has 0 aliphatic heterocycles. The van der Waals surface area contributed by atoms with Crippen LogP contribution < -0.4 is 0 Å². The molecule has 0 N–H and O–H groups in total. The summed E-state index contributed by atoms with van der Waals surface area (Å²) in [6.07, 6.45) is -10.9. The monoisotopic (exact) mass is 227 g/mol. The minimum Gasteiger partial charge on any atom is -0.256 e. The lowest BCUT2D eigenvalue weighted by Gasteiger charge is -2.18. The van der Waals surface area contributed by atoms with Crippen LogP contribution in [0.1, 0.15) is 6.92 Å². The van der Waals surface area contributed by atoms with Gasteiger partial charge in [-0.2, -0.15) is 26.3 Å². The Kier molecular flexibility index (Phi) is 3.60. The summed E-state index contributed by atoms with van der Waals surface area (Å²) in [5.74, 6) is 0. The highest BCUT2D eigenvalue weighted by atomic mass is 35.5. The summed E-state index contributed by atoms with van der Waals surface area (Å²) in [6, 6.07) is -3.74. The molecule has 0 heterocycles. The summed E-state index contributed by atoms with van der Waals surface area (Å²) in [4.78, 5) is 2.25. The number of hydrogen-bond acceptors (Lipinski definition) is 1. The second-order valence-corrected chi connectivity index (χ2v) is 2.66. The van der Waals surface area contributed by atoms with Crippen LogP contribution >= 0.6 is 11.6 Å². The SMILES string of the molecule is CC(Cl)=NC(C(F)(F)F)C(F)(F)F. The average molecular weight is 228 g/mol. The Balaban J connectivity index is 4.90. The molecular formula is C5H4ClF6N. The summed E-state index contributed by atoms with van der Waals surface area (Å²) in [5.41, 5.74) is 0. The van der Waals surface area contributed by atoms with Crippen LogP contribution in [0.4, 0.5) is 26.3 Å². The molecule has 0 saturated heterocycles. The topological polar surface area (TPSA) is 12.4 Å². The minimum absolute atomic E-state index is 0.792. The molecule has 0 spiro atoms. The van der Waals surface area contributed by atoms with Crippen LogP contribution in [0.15, 0.2) is 4.99 Å². The molecule has 0 aromatic carbocycles. The molecule has 0 aromatic heterocycles. The van der Waals surface area contributed by atoms with Gasteiger partial charge < -0.3 is 0 Å². The second kappa shape index (κ2) is 3.73. The molecule has 78 valence electrons. The smallest absolute Gasteiger partial charge is 0.256 e. The van der Waals surface area contributed by atoms with Crippen LogP contribution in [0.25, 0.3) is 0 Å². The normalized spacial score (nSPS) is 15.3. The van der Waals surface area contributed by atoms with Crippen molar-refractivity contribution in [3.05, 3.63) is 0 Å². The van der Waals surface area contributed by atoms with E-state index in [0.29, 0.717) is 0 Å². The zero-order chi connectivity index (χ0) is 10.9. The fraction of sp³-hybridized carbons (Fsp3) is 0.800. The van der Waals surface area contributed by atoms with Crippen molar-refractivity contribution in [2.24, 2.45) is 4.99 Å². The quantitative estimate of drug-likeness (QED) is 0.482. The lowest BCUT2D eigenvalue weighted by Crippen LogP contribution is -2.41. The van der Waals surface area contributed by atoms with Crippen LogP contribution in [-0.4, -0.2) is 23.6 Å². The van der Waals surface area contributed by atoms with Crippen LogP contribution in [0.3, 0.4) is 0 Å². The van der Waals surface area contributed by atoms with E-state index in [9.17, 15) is 26.3 Å². The van der Waals surface area contributed by atoms with Crippen molar-refractivity contribution in [2.45, 2.75) is 25.3 Å². The van der Waals surface area contributed by atoms with E-state index in [1.807, 2.05) is 0 Å². The molecule has 0 aliphatic rings. The summed E-state index contributed by atoms with van der Waals surface area (Å²) < 4.78 is 70.1. The number of hydrogen-bond donors (Lipinski definition) is 0. The Morgan fingerprint density at radius 2 is 1.38 bits per heavy atom. The molecule has 8 heteroatoms. The van der Waals surface area contributed by atoms with Crippen LogP contribution in [0, 0.1) is 0 Å². The van der Waals surface area contributed by atoms with Crippen molar-refractivity contribution in [3.63, 3.8) is 0 Å². The van der Waals surface area contributed by atoms with E-state index >= 15 is 0 Å². The van der Waals surface area contributed by atoms with Gasteiger partial charge in [0.1, 0.15) is 0 Å². The van der Waals surface area contributed by atoms with Crippen molar-refractivity contribution in [1.82, 2.24) is 0 Å². The first-order valence-corrected chi connectivity index (χ1v) is 3.26. The molecule has 0 fully saturated rings. The Bertz CT molecular complexity index is 186. The van der Waals surface area contributed by atoms with Crippen molar-refractivity contribution in [1.29, 1.82) is 0 Å². The number of aliphatic imine (C=N–C) groups is 1. The number of alkyl halides is 6. The molecule has 0 unspecified atom stereocenters. The summed E-state index contributed by atoms with van der Waals surface area (Å²) in [7, 11) is 0. The highest BCUT2D eigenvalue weighted by Gasteiger charge is 2.57. The van der Waals surface area contributed by atoms with E-state index in [-0.39, 0.29) is 0 Å². The lowest BCUT2D eigenvalue weighted by atomic mass is 10.3. The molecule has 13 heavy (non-hydrogen) atoms. The van der Waals surface area contributed by atoms with E-state index < -0.39 is 23.6 Å². The zero-order valence-corrected chi connectivity index (χ0v) is 6.93. The fourth-order valence-corrected chi connectivity index (χ4v) is 0.607. The molecule has 0 aromatic rings. The van der Waals surface area contributed by atoms with E-state index in [4.69, 9.17) is 11.6 Å². The van der Waals surface area contributed by atoms with Gasteiger partial charge in [-0.3, -0.25) is 4.99 Å². The Labute approximate surface area is 74.4 Å². The third-order valence-corrected chi connectivity index (χ3v) is 1.02. The first-order valence-electron chi connectivity index (χ1n) is 2.88. The standard InChI is InChI=1S/C5H4ClF6N/c1-2(6)13-3(4(7,8)9)5(10,11)12/h3H,1H3. The van der Waals surface area contributed by atoms with Crippen LogP contribution in [0.5, 0.6) is 0 Å². The summed E-state index contributed by atoms with van der Waals surface area (Å²) in [5, 5.41) is -0.792. The van der Waals surface area contributed by atoms with Gasteiger partial charge in [0.05, 0.1) is 5.17 Å².